The maximum Gasteiger partial charge on any atom is 0.136 e. The average Bonchev–Trinajstić information content (AvgIpc) is 2.36. The predicted molar refractivity (Wildman–Crippen MR) is 76.6 cm³/mol. The van der Waals surface area contributed by atoms with Gasteiger partial charge in [0.15, 0.2) is 0 Å². The lowest BCUT2D eigenvalue weighted by atomic mass is 9.89. The maximum atomic E-state index is 11.4. The van der Waals surface area contributed by atoms with Gasteiger partial charge in [-0.25, -0.2) is 0 Å². The van der Waals surface area contributed by atoms with Crippen molar-refractivity contribution >= 4 is 5.78 Å². The number of benzene rings is 1. The molecule has 1 aliphatic carbocycles. The molecule has 3 nitrogen and oxygen atoms in total. The summed E-state index contributed by atoms with van der Waals surface area (Å²) in [5.41, 5.74) is 1.05. The van der Waals surface area contributed by atoms with Gasteiger partial charge in [0, 0.05) is 18.9 Å². The second kappa shape index (κ2) is 6.71. The number of hydrogen-bond donors (Lipinski definition) is 1. The first-order chi connectivity index (χ1) is 9.21. The first-order valence-electron chi connectivity index (χ1n) is 7.22. The Labute approximate surface area is 115 Å². The number of carbonyl (C=O) groups is 1. The van der Waals surface area contributed by atoms with E-state index in [1.54, 1.807) is 0 Å². The molecule has 1 aromatic carbocycles. The molecule has 1 aliphatic rings. The van der Waals surface area contributed by atoms with E-state index in [1.807, 2.05) is 31.2 Å². The molecule has 0 radical (unpaired) electrons. The summed E-state index contributed by atoms with van der Waals surface area (Å²) in [5, 5.41) is 3.42. The molecular weight excluding hydrogens is 238 g/mol. The van der Waals surface area contributed by atoms with Crippen molar-refractivity contribution in [1.82, 2.24) is 5.32 Å². The van der Waals surface area contributed by atoms with E-state index in [4.69, 9.17) is 4.74 Å². The summed E-state index contributed by atoms with van der Waals surface area (Å²) < 4.78 is 5.93. The van der Waals surface area contributed by atoms with Crippen molar-refractivity contribution in [2.75, 3.05) is 6.54 Å². The molecule has 3 heteroatoms. The second-order valence-corrected chi connectivity index (χ2v) is 5.18. The van der Waals surface area contributed by atoms with Crippen molar-refractivity contribution in [2.24, 2.45) is 0 Å². The molecule has 1 saturated carbocycles. The number of Topliss-reactive ketones (excluding diaryl/α,β-unsaturated/α-hetero) is 1. The molecule has 1 aromatic rings. The normalized spacial score (nSPS) is 21.8. The standard InChI is InChI=1S/C16H23NO2/c1-3-14(18)8-12-6-5-7-15(9-12)19-16-10-13(11-16)17-4-2/h5-7,9,13,16-17H,3-4,8,10-11H2,1-2H3. The summed E-state index contributed by atoms with van der Waals surface area (Å²) >= 11 is 0. The SMILES string of the molecule is CCNC1CC(Oc2cccc(CC(=O)CC)c2)C1. The summed E-state index contributed by atoms with van der Waals surface area (Å²) in [7, 11) is 0. The Morgan fingerprint density at radius 2 is 2.16 bits per heavy atom. The highest BCUT2D eigenvalue weighted by molar-refractivity contribution is 5.80. The largest absolute Gasteiger partial charge is 0.490 e. The van der Waals surface area contributed by atoms with Gasteiger partial charge in [0.2, 0.25) is 0 Å². The smallest absolute Gasteiger partial charge is 0.136 e. The van der Waals surface area contributed by atoms with Gasteiger partial charge in [-0.2, -0.15) is 0 Å². The Kier molecular flexibility index (Phi) is 4.97. The summed E-state index contributed by atoms with van der Waals surface area (Å²) in [6.07, 6.45) is 3.58. The zero-order chi connectivity index (χ0) is 13.7. The monoisotopic (exact) mass is 261 g/mol. The van der Waals surface area contributed by atoms with Gasteiger partial charge in [-0.3, -0.25) is 4.79 Å². The van der Waals surface area contributed by atoms with Crippen molar-refractivity contribution < 1.29 is 9.53 Å². The van der Waals surface area contributed by atoms with Crippen LogP contribution < -0.4 is 10.1 Å². The van der Waals surface area contributed by atoms with E-state index >= 15 is 0 Å². The van der Waals surface area contributed by atoms with Gasteiger partial charge >= 0.3 is 0 Å². The van der Waals surface area contributed by atoms with Crippen molar-refractivity contribution in [3.63, 3.8) is 0 Å². The lowest BCUT2D eigenvalue weighted by Crippen LogP contribution is -2.46. The van der Waals surface area contributed by atoms with Crippen LogP contribution in [0.25, 0.3) is 0 Å². The molecule has 0 unspecified atom stereocenters. The number of hydrogen-bond acceptors (Lipinski definition) is 3. The Bertz CT molecular complexity index is 425. The minimum atomic E-state index is 0.271. The fourth-order valence-electron chi connectivity index (χ4n) is 2.39. The lowest BCUT2D eigenvalue weighted by molar-refractivity contribution is -0.118. The topological polar surface area (TPSA) is 38.3 Å². The highest BCUT2D eigenvalue weighted by atomic mass is 16.5. The zero-order valence-electron chi connectivity index (χ0n) is 11.8. The van der Waals surface area contributed by atoms with Crippen molar-refractivity contribution in [3.8, 4) is 5.75 Å². The molecule has 0 atom stereocenters. The van der Waals surface area contributed by atoms with Crippen LogP contribution in [0.2, 0.25) is 0 Å². The van der Waals surface area contributed by atoms with Crippen LogP contribution in [0.4, 0.5) is 0 Å². The van der Waals surface area contributed by atoms with Crippen molar-refractivity contribution in [1.29, 1.82) is 0 Å². The Morgan fingerprint density at radius 3 is 2.84 bits per heavy atom. The van der Waals surface area contributed by atoms with E-state index in [1.165, 1.54) is 0 Å². The van der Waals surface area contributed by atoms with E-state index in [9.17, 15) is 4.79 Å². The molecule has 2 rings (SSSR count). The molecule has 1 fully saturated rings. The zero-order valence-corrected chi connectivity index (χ0v) is 11.8. The Morgan fingerprint density at radius 1 is 1.37 bits per heavy atom. The summed E-state index contributed by atoms with van der Waals surface area (Å²) in [6.45, 7) is 5.05. The molecule has 0 bridgehead atoms. The van der Waals surface area contributed by atoms with Crippen LogP contribution in [0, 0.1) is 0 Å². The molecule has 0 heterocycles. The number of ether oxygens (including phenoxy) is 1. The minimum absolute atomic E-state index is 0.271. The summed E-state index contributed by atoms with van der Waals surface area (Å²) in [5.74, 6) is 1.16. The minimum Gasteiger partial charge on any atom is -0.490 e. The highest BCUT2D eigenvalue weighted by Crippen LogP contribution is 2.26. The van der Waals surface area contributed by atoms with Gasteiger partial charge in [0.1, 0.15) is 17.6 Å². The van der Waals surface area contributed by atoms with Crippen molar-refractivity contribution in [2.45, 2.75) is 51.7 Å². The molecule has 1 N–H and O–H groups in total. The van der Waals surface area contributed by atoms with Gasteiger partial charge < -0.3 is 10.1 Å². The molecule has 0 spiro atoms. The van der Waals surface area contributed by atoms with Crippen LogP contribution in [0.15, 0.2) is 24.3 Å². The predicted octanol–water partition coefficient (Wildman–Crippen LogP) is 2.73. The maximum absolute atomic E-state index is 11.4. The molecule has 0 aromatic heterocycles. The van der Waals surface area contributed by atoms with E-state index in [0.29, 0.717) is 25.0 Å². The summed E-state index contributed by atoms with van der Waals surface area (Å²) in [4.78, 5) is 11.4. The third kappa shape index (κ3) is 4.06. The fourth-order valence-corrected chi connectivity index (χ4v) is 2.39. The number of ketones is 1. The Hall–Kier alpha value is -1.35. The Balaban J connectivity index is 1.84. The van der Waals surface area contributed by atoms with E-state index in [2.05, 4.69) is 12.2 Å². The molecule has 0 aliphatic heterocycles. The summed E-state index contributed by atoms with van der Waals surface area (Å²) in [6, 6.07) is 8.53. The van der Waals surface area contributed by atoms with Crippen LogP contribution in [0.5, 0.6) is 5.75 Å². The van der Waals surface area contributed by atoms with Gasteiger partial charge in [-0.05, 0) is 37.1 Å². The molecule has 0 saturated heterocycles. The van der Waals surface area contributed by atoms with Gasteiger partial charge in [0.25, 0.3) is 0 Å². The second-order valence-electron chi connectivity index (χ2n) is 5.18. The first-order valence-corrected chi connectivity index (χ1v) is 7.22. The van der Waals surface area contributed by atoms with Crippen LogP contribution in [0.1, 0.15) is 38.7 Å². The molecule has 19 heavy (non-hydrogen) atoms. The van der Waals surface area contributed by atoms with Crippen LogP contribution in [0.3, 0.4) is 0 Å². The molecular formula is C16H23NO2. The number of nitrogens with one attached hydrogen (secondary N) is 1. The number of rotatable bonds is 7. The molecule has 0 amide bonds. The van der Waals surface area contributed by atoms with Gasteiger partial charge in [-0.1, -0.05) is 26.0 Å². The molecule has 104 valence electrons. The van der Waals surface area contributed by atoms with Crippen LogP contribution in [-0.2, 0) is 11.2 Å². The van der Waals surface area contributed by atoms with Gasteiger partial charge in [0.05, 0.1) is 0 Å². The number of carbonyl (C=O) groups excluding carboxylic acids is 1. The average molecular weight is 261 g/mol. The van der Waals surface area contributed by atoms with Crippen molar-refractivity contribution in [3.05, 3.63) is 29.8 Å². The third-order valence-electron chi connectivity index (χ3n) is 3.58. The third-order valence-corrected chi connectivity index (χ3v) is 3.58. The highest BCUT2D eigenvalue weighted by Gasteiger charge is 2.29. The van der Waals surface area contributed by atoms with E-state index in [-0.39, 0.29) is 5.78 Å². The van der Waals surface area contributed by atoms with E-state index < -0.39 is 0 Å². The lowest BCUT2D eigenvalue weighted by Gasteiger charge is -2.35. The first kappa shape index (κ1) is 14.1. The quantitative estimate of drug-likeness (QED) is 0.820. The van der Waals surface area contributed by atoms with Gasteiger partial charge in [-0.15, -0.1) is 0 Å². The van der Waals surface area contributed by atoms with E-state index in [0.717, 1.165) is 30.7 Å². The van der Waals surface area contributed by atoms with Crippen LogP contribution >= 0.6 is 0 Å². The van der Waals surface area contributed by atoms with Crippen LogP contribution in [-0.4, -0.2) is 24.5 Å². The fraction of sp³-hybridized carbons (Fsp3) is 0.562.